The molecule has 1 heterocycles. The van der Waals surface area contributed by atoms with E-state index in [0.717, 1.165) is 23.2 Å². The van der Waals surface area contributed by atoms with Gasteiger partial charge in [0.25, 0.3) is 0 Å². The summed E-state index contributed by atoms with van der Waals surface area (Å²) >= 11 is 11.7. The summed E-state index contributed by atoms with van der Waals surface area (Å²) in [5, 5.41) is 7.31. The average Bonchev–Trinajstić information content (AvgIpc) is 3.07. The zero-order valence-corrected chi connectivity index (χ0v) is 16.0. The number of rotatable bonds is 5. The van der Waals surface area contributed by atoms with Gasteiger partial charge in [-0.15, -0.1) is 5.10 Å². The summed E-state index contributed by atoms with van der Waals surface area (Å²) in [5.41, 5.74) is 0.155. The SMILES string of the molecule is O=C(On1nncc1/C=C/C(c1cc(Cl)cc(Cl)c1)C(F)(F)F)c1ccccc1. The molecule has 0 aliphatic carbocycles. The molecule has 0 bridgehead atoms. The topological polar surface area (TPSA) is 57.0 Å². The second-order valence-corrected chi connectivity index (χ2v) is 6.73. The second kappa shape index (κ2) is 8.67. The third-order valence-corrected chi connectivity index (χ3v) is 4.22. The van der Waals surface area contributed by atoms with Gasteiger partial charge in [0.1, 0.15) is 5.69 Å². The van der Waals surface area contributed by atoms with Crippen LogP contribution in [0, 0.1) is 0 Å². The molecule has 1 aromatic heterocycles. The molecule has 0 saturated heterocycles. The van der Waals surface area contributed by atoms with Crippen LogP contribution in [0.2, 0.25) is 10.0 Å². The smallest absolute Gasteiger partial charge is 0.312 e. The standard InChI is InChI=1S/C19H12Cl2F3N3O2/c20-14-8-13(9-15(21)10-14)17(19(22,23)24)7-6-16-11-25-26-27(16)29-18(28)12-4-2-1-3-5-12/h1-11,17H/b7-6+. The third kappa shape index (κ3) is 5.36. The highest BCUT2D eigenvalue weighted by atomic mass is 35.5. The maximum Gasteiger partial charge on any atom is 0.399 e. The van der Waals surface area contributed by atoms with Crippen molar-refractivity contribution in [2.45, 2.75) is 12.1 Å². The molecule has 3 aromatic rings. The fraction of sp³-hybridized carbons (Fsp3) is 0.105. The van der Waals surface area contributed by atoms with Gasteiger partial charge in [0, 0.05) is 10.0 Å². The first-order valence-electron chi connectivity index (χ1n) is 8.13. The predicted molar refractivity (Wildman–Crippen MR) is 102 cm³/mol. The van der Waals surface area contributed by atoms with Gasteiger partial charge in [-0.25, -0.2) is 4.79 Å². The van der Waals surface area contributed by atoms with Crippen LogP contribution in [0.3, 0.4) is 0 Å². The summed E-state index contributed by atoms with van der Waals surface area (Å²) in [6.45, 7) is 0. The quantitative estimate of drug-likeness (QED) is 0.509. The molecule has 29 heavy (non-hydrogen) atoms. The lowest BCUT2D eigenvalue weighted by atomic mass is 9.97. The Kier molecular flexibility index (Phi) is 6.24. The van der Waals surface area contributed by atoms with Crippen LogP contribution < -0.4 is 4.84 Å². The van der Waals surface area contributed by atoms with Gasteiger partial charge in [-0.3, -0.25) is 0 Å². The maximum absolute atomic E-state index is 13.6. The Morgan fingerprint density at radius 2 is 1.76 bits per heavy atom. The molecule has 10 heteroatoms. The number of halogens is 5. The van der Waals surface area contributed by atoms with Crippen molar-refractivity contribution < 1.29 is 22.8 Å². The molecule has 0 N–H and O–H groups in total. The largest absolute Gasteiger partial charge is 0.399 e. The number of hydrogen-bond donors (Lipinski definition) is 0. The summed E-state index contributed by atoms with van der Waals surface area (Å²) in [5.74, 6) is -2.73. The summed E-state index contributed by atoms with van der Waals surface area (Å²) in [4.78, 5) is 17.9. The van der Waals surface area contributed by atoms with Gasteiger partial charge in [0.2, 0.25) is 0 Å². The Morgan fingerprint density at radius 1 is 1.10 bits per heavy atom. The minimum Gasteiger partial charge on any atom is -0.312 e. The van der Waals surface area contributed by atoms with Crippen LogP contribution in [0.1, 0.15) is 27.5 Å². The number of benzene rings is 2. The van der Waals surface area contributed by atoms with Crippen LogP contribution in [0.5, 0.6) is 0 Å². The number of hydrogen-bond acceptors (Lipinski definition) is 4. The van der Waals surface area contributed by atoms with Crippen LogP contribution in [-0.4, -0.2) is 27.3 Å². The number of carbonyl (C=O) groups excluding carboxylic acids is 1. The maximum atomic E-state index is 13.6. The van der Waals surface area contributed by atoms with Gasteiger partial charge in [0.15, 0.2) is 0 Å². The first-order valence-corrected chi connectivity index (χ1v) is 8.89. The van der Waals surface area contributed by atoms with Crippen molar-refractivity contribution in [2.24, 2.45) is 0 Å². The van der Waals surface area contributed by atoms with Crippen LogP contribution in [0.4, 0.5) is 13.2 Å². The van der Waals surface area contributed by atoms with E-state index in [0.29, 0.717) is 0 Å². The van der Waals surface area contributed by atoms with E-state index in [1.165, 1.54) is 30.3 Å². The highest BCUT2D eigenvalue weighted by Gasteiger charge is 2.39. The van der Waals surface area contributed by atoms with Crippen LogP contribution in [0.25, 0.3) is 6.08 Å². The predicted octanol–water partition coefficient (Wildman–Crippen LogP) is 5.21. The number of aromatic nitrogens is 3. The van der Waals surface area contributed by atoms with Crippen molar-refractivity contribution in [2.75, 3.05) is 0 Å². The van der Waals surface area contributed by atoms with Crippen LogP contribution in [-0.2, 0) is 0 Å². The van der Waals surface area contributed by atoms with Gasteiger partial charge < -0.3 is 4.84 Å². The van der Waals surface area contributed by atoms with Gasteiger partial charge >= 0.3 is 12.1 Å². The molecule has 150 valence electrons. The molecule has 2 aromatic carbocycles. The fourth-order valence-electron chi connectivity index (χ4n) is 2.47. The number of allylic oxidation sites excluding steroid dienone is 1. The molecule has 0 fully saturated rings. The molecule has 0 aliphatic rings. The molecule has 0 amide bonds. The molecule has 5 nitrogen and oxygen atoms in total. The first-order chi connectivity index (χ1) is 13.7. The van der Waals surface area contributed by atoms with E-state index in [4.69, 9.17) is 28.0 Å². The van der Waals surface area contributed by atoms with Gasteiger partial charge in [0.05, 0.1) is 17.7 Å². The van der Waals surface area contributed by atoms with E-state index in [9.17, 15) is 18.0 Å². The molecule has 0 aliphatic heterocycles. The number of alkyl halides is 3. The molecule has 1 atom stereocenters. The van der Waals surface area contributed by atoms with Crippen molar-refractivity contribution in [3.05, 3.63) is 87.7 Å². The molecular weight excluding hydrogens is 430 g/mol. The first kappa shape index (κ1) is 20.9. The Morgan fingerprint density at radius 3 is 2.38 bits per heavy atom. The van der Waals surface area contributed by atoms with Crippen molar-refractivity contribution in [1.82, 2.24) is 15.2 Å². The van der Waals surface area contributed by atoms with Crippen LogP contribution >= 0.6 is 23.2 Å². The zero-order valence-electron chi connectivity index (χ0n) is 14.5. The highest BCUT2D eigenvalue weighted by molar-refractivity contribution is 6.34. The Labute approximate surface area is 173 Å². The molecule has 0 radical (unpaired) electrons. The van der Waals surface area contributed by atoms with Crippen molar-refractivity contribution in [1.29, 1.82) is 0 Å². The van der Waals surface area contributed by atoms with Gasteiger partial charge in [-0.2, -0.15) is 13.2 Å². The summed E-state index contributed by atoms with van der Waals surface area (Å²) in [6, 6.07) is 11.8. The molecule has 1 unspecified atom stereocenters. The lowest BCUT2D eigenvalue weighted by Gasteiger charge is -2.18. The van der Waals surface area contributed by atoms with E-state index in [1.54, 1.807) is 18.2 Å². The molecular formula is C19H12Cl2F3N3O2. The molecule has 0 saturated carbocycles. The second-order valence-electron chi connectivity index (χ2n) is 5.86. The highest BCUT2D eigenvalue weighted by Crippen LogP contribution is 2.38. The average molecular weight is 442 g/mol. The normalized spacial score (nSPS) is 12.9. The minimum atomic E-state index is -4.61. The number of carbonyl (C=O) groups is 1. The van der Waals surface area contributed by atoms with Crippen molar-refractivity contribution in [3.8, 4) is 0 Å². The lowest BCUT2D eigenvalue weighted by molar-refractivity contribution is -0.139. The third-order valence-electron chi connectivity index (χ3n) is 3.78. The molecule has 0 spiro atoms. The lowest BCUT2D eigenvalue weighted by Crippen LogP contribution is -2.22. The van der Waals surface area contributed by atoms with E-state index < -0.39 is 18.1 Å². The van der Waals surface area contributed by atoms with E-state index in [1.807, 2.05) is 0 Å². The summed E-state index contributed by atoms with van der Waals surface area (Å²) in [7, 11) is 0. The van der Waals surface area contributed by atoms with Crippen molar-refractivity contribution >= 4 is 35.2 Å². The zero-order chi connectivity index (χ0) is 21.0. The summed E-state index contributed by atoms with van der Waals surface area (Å²) in [6.07, 6.45) is -1.46. The van der Waals surface area contributed by atoms with E-state index >= 15 is 0 Å². The Hall–Kier alpha value is -2.84. The van der Waals surface area contributed by atoms with Crippen LogP contribution in [0.15, 0.2) is 60.8 Å². The fourth-order valence-corrected chi connectivity index (χ4v) is 3.02. The Balaban J connectivity index is 1.86. The van der Waals surface area contributed by atoms with Gasteiger partial charge in [-0.05, 0) is 47.2 Å². The monoisotopic (exact) mass is 441 g/mol. The van der Waals surface area contributed by atoms with Crippen molar-refractivity contribution in [3.63, 3.8) is 0 Å². The summed E-state index contributed by atoms with van der Waals surface area (Å²) < 4.78 is 40.7. The molecule has 3 rings (SSSR count). The van der Waals surface area contributed by atoms with Gasteiger partial charge in [-0.1, -0.05) is 52.3 Å². The minimum absolute atomic E-state index is 0.0386. The van der Waals surface area contributed by atoms with E-state index in [-0.39, 0.29) is 26.9 Å². The number of nitrogens with zero attached hydrogens (tertiary/aromatic N) is 3. The van der Waals surface area contributed by atoms with E-state index in [2.05, 4.69) is 10.3 Å². The Bertz CT molecular complexity index is 1020.